The summed E-state index contributed by atoms with van der Waals surface area (Å²) < 4.78 is 4.90. The van der Waals surface area contributed by atoms with Gasteiger partial charge in [0.05, 0.1) is 7.11 Å². The van der Waals surface area contributed by atoms with E-state index in [0.29, 0.717) is 6.04 Å². The molecule has 1 aliphatic heterocycles. The minimum atomic E-state index is -0.347. The Morgan fingerprint density at radius 3 is 2.83 bits per heavy atom. The van der Waals surface area contributed by atoms with E-state index < -0.39 is 0 Å². The molecule has 4 heteroatoms. The number of carbonyl (C=O) groups is 1. The van der Waals surface area contributed by atoms with Crippen LogP contribution in [-0.2, 0) is 9.53 Å². The molecule has 0 amide bonds. The molecule has 1 fully saturated rings. The molecular formula is C14H19NO2S. The maximum atomic E-state index is 11.9. The van der Waals surface area contributed by atoms with Gasteiger partial charge in [0, 0.05) is 11.8 Å². The second kappa shape index (κ2) is 6.81. The third kappa shape index (κ3) is 3.50. The number of hydrogen-bond acceptors (Lipinski definition) is 4. The Hall–Kier alpha value is -1.00. The summed E-state index contributed by atoms with van der Waals surface area (Å²) in [7, 11) is 1.44. The van der Waals surface area contributed by atoms with Gasteiger partial charge in [-0.2, -0.15) is 11.8 Å². The van der Waals surface area contributed by atoms with Crippen molar-refractivity contribution in [2.45, 2.75) is 24.9 Å². The molecule has 0 bridgehead atoms. The summed E-state index contributed by atoms with van der Waals surface area (Å²) in [5, 5.41) is 3.43. The van der Waals surface area contributed by atoms with Crippen LogP contribution in [-0.4, -0.2) is 30.6 Å². The Labute approximate surface area is 112 Å². The molecule has 2 rings (SSSR count). The van der Waals surface area contributed by atoms with E-state index in [-0.39, 0.29) is 12.0 Å². The third-order valence-corrected chi connectivity index (χ3v) is 4.35. The van der Waals surface area contributed by atoms with Crippen LogP contribution >= 0.6 is 11.8 Å². The Balaban J connectivity index is 2.07. The molecule has 98 valence electrons. The number of esters is 1. The number of thioether (sulfide) groups is 1. The summed E-state index contributed by atoms with van der Waals surface area (Å²) in [6.07, 6.45) is 2.35. The summed E-state index contributed by atoms with van der Waals surface area (Å²) in [6.45, 7) is 0. The lowest BCUT2D eigenvalue weighted by atomic mass is 10.0. The van der Waals surface area contributed by atoms with E-state index in [1.807, 2.05) is 42.1 Å². The minimum absolute atomic E-state index is 0.211. The molecule has 18 heavy (non-hydrogen) atoms. The molecule has 2 unspecified atom stereocenters. The average molecular weight is 265 g/mol. The highest BCUT2D eigenvalue weighted by Crippen LogP contribution is 2.21. The number of carbonyl (C=O) groups excluding carboxylic acids is 1. The monoisotopic (exact) mass is 265 g/mol. The van der Waals surface area contributed by atoms with Crippen molar-refractivity contribution in [1.29, 1.82) is 0 Å². The molecule has 1 aliphatic rings. The number of benzene rings is 1. The van der Waals surface area contributed by atoms with Gasteiger partial charge in [-0.15, -0.1) is 0 Å². The SMILES string of the molecule is COC(=O)C(NC1CCCSC1)c1ccccc1. The lowest BCUT2D eigenvalue weighted by molar-refractivity contribution is -0.143. The zero-order chi connectivity index (χ0) is 12.8. The zero-order valence-corrected chi connectivity index (χ0v) is 11.4. The fraction of sp³-hybridized carbons (Fsp3) is 0.500. The summed E-state index contributed by atoms with van der Waals surface area (Å²) in [6, 6.07) is 9.82. The van der Waals surface area contributed by atoms with E-state index >= 15 is 0 Å². The predicted octanol–water partition coefficient (Wildman–Crippen LogP) is 2.39. The first-order chi connectivity index (χ1) is 8.81. The van der Waals surface area contributed by atoms with Crippen LogP contribution < -0.4 is 5.32 Å². The van der Waals surface area contributed by atoms with Gasteiger partial charge < -0.3 is 4.74 Å². The first-order valence-corrected chi connectivity index (χ1v) is 7.43. The van der Waals surface area contributed by atoms with Crippen molar-refractivity contribution < 1.29 is 9.53 Å². The minimum Gasteiger partial charge on any atom is -0.468 e. The lowest BCUT2D eigenvalue weighted by Crippen LogP contribution is -2.40. The molecule has 0 saturated carbocycles. The Bertz CT molecular complexity index is 377. The maximum absolute atomic E-state index is 11.9. The van der Waals surface area contributed by atoms with Crippen LogP contribution in [0.15, 0.2) is 30.3 Å². The average Bonchev–Trinajstić information content (AvgIpc) is 2.46. The number of methoxy groups -OCH3 is 1. The Morgan fingerprint density at radius 1 is 1.44 bits per heavy atom. The van der Waals surface area contributed by atoms with Crippen molar-refractivity contribution in [2.75, 3.05) is 18.6 Å². The van der Waals surface area contributed by atoms with Crippen LogP contribution in [0, 0.1) is 0 Å². The molecule has 0 aliphatic carbocycles. The van der Waals surface area contributed by atoms with Crippen LogP contribution in [0.2, 0.25) is 0 Å². The Kier molecular flexibility index (Phi) is 5.08. The number of ether oxygens (including phenoxy) is 1. The fourth-order valence-corrected chi connectivity index (χ4v) is 3.26. The molecule has 1 N–H and O–H groups in total. The van der Waals surface area contributed by atoms with E-state index in [9.17, 15) is 4.79 Å². The predicted molar refractivity (Wildman–Crippen MR) is 74.7 cm³/mol. The third-order valence-electron chi connectivity index (χ3n) is 3.13. The van der Waals surface area contributed by atoms with Crippen molar-refractivity contribution in [2.24, 2.45) is 0 Å². The molecule has 3 nitrogen and oxygen atoms in total. The molecule has 0 radical (unpaired) electrons. The van der Waals surface area contributed by atoms with E-state index in [1.54, 1.807) is 0 Å². The van der Waals surface area contributed by atoms with E-state index in [4.69, 9.17) is 4.74 Å². The summed E-state index contributed by atoms with van der Waals surface area (Å²) >= 11 is 1.94. The van der Waals surface area contributed by atoms with Crippen LogP contribution in [0.3, 0.4) is 0 Å². The molecule has 0 aromatic heterocycles. The van der Waals surface area contributed by atoms with Crippen molar-refractivity contribution >= 4 is 17.7 Å². The molecule has 1 aromatic rings. The largest absolute Gasteiger partial charge is 0.468 e. The summed E-state index contributed by atoms with van der Waals surface area (Å²) in [5.41, 5.74) is 0.972. The highest BCUT2D eigenvalue weighted by molar-refractivity contribution is 7.99. The van der Waals surface area contributed by atoms with Crippen molar-refractivity contribution in [1.82, 2.24) is 5.32 Å². The highest BCUT2D eigenvalue weighted by atomic mass is 32.2. The second-order valence-corrected chi connectivity index (χ2v) is 5.60. The first kappa shape index (κ1) is 13.4. The zero-order valence-electron chi connectivity index (χ0n) is 10.6. The number of rotatable bonds is 4. The Morgan fingerprint density at radius 2 is 2.22 bits per heavy atom. The van der Waals surface area contributed by atoms with Crippen LogP contribution in [0.5, 0.6) is 0 Å². The van der Waals surface area contributed by atoms with Gasteiger partial charge in [-0.05, 0) is 24.2 Å². The molecule has 1 heterocycles. The first-order valence-electron chi connectivity index (χ1n) is 6.28. The molecule has 0 spiro atoms. The standard InChI is InChI=1S/C14H19NO2S/c1-17-14(16)13(11-6-3-2-4-7-11)15-12-8-5-9-18-10-12/h2-4,6-7,12-13,15H,5,8-10H2,1H3. The smallest absolute Gasteiger partial charge is 0.327 e. The van der Waals surface area contributed by atoms with Gasteiger partial charge >= 0.3 is 5.97 Å². The highest BCUT2D eigenvalue weighted by Gasteiger charge is 2.25. The van der Waals surface area contributed by atoms with Crippen LogP contribution in [0.4, 0.5) is 0 Å². The normalized spacial score (nSPS) is 21.3. The molecule has 2 atom stereocenters. The summed E-state index contributed by atoms with van der Waals surface area (Å²) in [5.74, 6) is 2.09. The topological polar surface area (TPSA) is 38.3 Å². The molecule has 1 saturated heterocycles. The van der Waals surface area contributed by atoms with Crippen molar-refractivity contribution in [3.05, 3.63) is 35.9 Å². The fourth-order valence-electron chi connectivity index (χ4n) is 2.17. The van der Waals surface area contributed by atoms with Crippen LogP contribution in [0.25, 0.3) is 0 Å². The van der Waals surface area contributed by atoms with Gasteiger partial charge in [0.15, 0.2) is 0 Å². The second-order valence-electron chi connectivity index (χ2n) is 4.45. The van der Waals surface area contributed by atoms with Gasteiger partial charge in [0.1, 0.15) is 6.04 Å². The van der Waals surface area contributed by atoms with Gasteiger partial charge in [-0.1, -0.05) is 30.3 Å². The van der Waals surface area contributed by atoms with Crippen LogP contribution in [0.1, 0.15) is 24.4 Å². The van der Waals surface area contributed by atoms with Gasteiger partial charge in [0.25, 0.3) is 0 Å². The van der Waals surface area contributed by atoms with E-state index in [2.05, 4.69) is 5.32 Å². The van der Waals surface area contributed by atoms with Gasteiger partial charge in [-0.3, -0.25) is 5.32 Å². The molecular weight excluding hydrogens is 246 g/mol. The molecule has 1 aromatic carbocycles. The lowest BCUT2D eigenvalue weighted by Gasteiger charge is -2.27. The number of nitrogens with one attached hydrogen (secondary N) is 1. The van der Waals surface area contributed by atoms with Gasteiger partial charge in [-0.25, -0.2) is 4.79 Å². The van der Waals surface area contributed by atoms with Crippen molar-refractivity contribution in [3.8, 4) is 0 Å². The van der Waals surface area contributed by atoms with Gasteiger partial charge in [0.2, 0.25) is 0 Å². The van der Waals surface area contributed by atoms with E-state index in [1.165, 1.54) is 19.3 Å². The quantitative estimate of drug-likeness (QED) is 0.848. The van der Waals surface area contributed by atoms with E-state index in [0.717, 1.165) is 17.7 Å². The van der Waals surface area contributed by atoms with Crippen molar-refractivity contribution in [3.63, 3.8) is 0 Å². The number of hydrogen-bond donors (Lipinski definition) is 1. The maximum Gasteiger partial charge on any atom is 0.327 e. The summed E-state index contributed by atoms with van der Waals surface area (Å²) in [4.78, 5) is 11.9.